The first-order chi connectivity index (χ1) is 8.70. The number of nitrogens with zero attached hydrogens (tertiary/aromatic N) is 2. The Morgan fingerprint density at radius 1 is 1.33 bits per heavy atom. The number of hydrogen-bond donors (Lipinski definition) is 1. The van der Waals surface area contributed by atoms with E-state index < -0.39 is 0 Å². The van der Waals surface area contributed by atoms with Gasteiger partial charge in [0.05, 0.1) is 0 Å². The van der Waals surface area contributed by atoms with Gasteiger partial charge in [0.15, 0.2) is 0 Å². The monoisotopic (exact) mass is 263 g/mol. The molecule has 1 atom stereocenters. The van der Waals surface area contributed by atoms with Crippen molar-refractivity contribution < 1.29 is 4.39 Å². The molecule has 0 spiro atoms. The summed E-state index contributed by atoms with van der Waals surface area (Å²) in [6.45, 7) is 2.00. The molecular formula is C13H14FN3S. The van der Waals surface area contributed by atoms with E-state index in [1.165, 1.54) is 24.2 Å². The van der Waals surface area contributed by atoms with Crippen LogP contribution in [0.25, 0.3) is 0 Å². The van der Waals surface area contributed by atoms with Gasteiger partial charge < -0.3 is 5.32 Å². The van der Waals surface area contributed by atoms with E-state index in [-0.39, 0.29) is 11.9 Å². The van der Waals surface area contributed by atoms with Crippen LogP contribution in [0.2, 0.25) is 0 Å². The maximum absolute atomic E-state index is 13.3. The van der Waals surface area contributed by atoms with Gasteiger partial charge >= 0.3 is 0 Å². The molecule has 0 bridgehead atoms. The van der Waals surface area contributed by atoms with E-state index in [4.69, 9.17) is 0 Å². The molecule has 1 unspecified atom stereocenters. The molecule has 18 heavy (non-hydrogen) atoms. The Hall–Kier alpha value is -1.46. The van der Waals surface area contributed by atoms with Gasteiger partial charge in [-0.05, 0) is 43.8 Å². The SMILES string of the molecule is CNC(C)c1cc(F)ccc1Sc1ccncn1. The summed E-state index contributed by atoms with van der Waals surface area (Å²) in [5.74, 6) is -0.223. The summed E-state index contributed by atoms with van der Waals surface area (Å²) >= 11 is 1.51. The molecule has 2 rings (SSSR count). The number of aromatic nitrogens is 2. The van der Waals surface area contributed by atoms with Crippen molar-refractivity contribution in [3.63, 3.8) is 0 Å². The summed E-state index contributed by atoms with van der Waals surface area (Å²) in [5.41, 5.74) is 0.932. The van der Waals surface area contributed by atoms with Crippen molar-refractivity contribution in [3.05, 3.63) is 48.2 Å². The lowest BCUT2D eigenvalue weighted by atomic mass is 10.1. The molecule has 0 saturated carbocycles. The maximum Gasteiger partial charge on any atom is 0.123 e. The van der Waals surface area contributed by atoms with Gasteiger partial charge in [-0.3, -0.25) is 0 Å². The van der Waals surface area contributed by atoms with E-state index in [0.717, 1.165) is 15.5 Å². The smallest absolute Gasteiger partial charge is 0.123 e. The Labute approximate surface area is 110 Å². The second-order valence-corrected chi connectivity index (χ2v) is 4.90. The minimum atomic E-state index is -0.223. The number of halogens is 1. The summed E-state index contributed by atoms with van der Waals surface area (Å²) in [4.78, 5) is 9.04. The second kappa shape index (κ2) is 5.93. The summed E-state index contributed by atoms with van der Waals surface area (Å²) in [5, 5.41) is 3.97. The molecule has 0 amide bonds. The highest BCUT2D eigenvalue weighted by atomic mass is 32.2. The number of nitrogens with one attached hydrogen (secondary N) is 1. The van der Waals surface area contributed by atoms with E-state index in [2.05, 4.69) is 15.3 Å². The van der Waals surface area contributed by atoms with Gasteiger partial charge in [0.1, 0.15) is 17.2 Å². The maximum atomic E-state index is 13.3. The van der Waals surface area contributed by atoms with Gasteiger partial charge in [-0.15, -0.1) is 0 Å². The van der Waals surface area contributed by atoms with E-state index >= 15 is 0 Å². The largest absolute Gasteiger partial charge is 0.313 e. The summed E-state index contributed by atoms with van der Waals surface area (Å²) in [7, 11) is 1.86. The van der Waals surface area contributed by atoms with Crippen LogP contribution in [-0.4, -0.2) is 17.0 Å². The zero-order valence-electron chi connectivity index (χ0n) is 10.2. The number of rotatable bonds is 4. The van der Waals surface area contributed by atoms with Crippen LogP contribution in [0.3, 0.4) is 0 Å². The zero-order valence-corrected chi connectivity index (χ0v) is 11.0. The van der Waals surface area contributed by atoms with Gasteiger partial charge in [-0.1, -0.05) is 11.8 Å². The summed E-state index contributed by atoms with van der Waals surface area (Å²) < 4.78 is 13.3. The Morgan fingerprint density at radius 3 is 2.83 bits per heavy atom. The number of hydrogen-bond acceptors (Lipinski definition) is 4. The number of benzene rings is 1. The van der Waals surface area contributed by atoms with E-state index in [9.17, 15) is 4.39 Å². The first-order valence-corrected chi connectivity index (χ1v) is 6.43. The lowest BCUT2D eigenvalue weighted by molar-refractivity contribution is 0.601. The fraction of sp³-hybridized carbons (Fsp3) is 0.231. The van der Waals surface area contributed by atoms with Crippen LogP contribution in [0.15, 0.2) is 46.7 Å². The molecule has 2 aromatic rings. The molecule has 0 aliphatic carbocycles. The third-order valence-corrected chi connectivity index (χ3v) is 3.68. The highest BCUT2D eigenvalue weighted by Crippen LogP contribution is 2.32. The Bertz CT molecular complexity index is 519. The predicted octanol–water partition coefficient (Wildman–Crippen LogP) is 3.05. The molecule has 0 radical (unpaired) electrons. The molecule has 1 aromatic carbocycles. The van der Waals surface area contributed by atoms with Crippen LogP contribution >= 0.6 is 11.8 Å². The van der Waals surface area contributed by atoms with Gasteiger partial charge in [0, 0.05) is 17.1 Å². The van der Waals surface area contributed by atoms with Crippen LogP contribution in [-0.2, 0) is 0 Å². The average Bonchev–Trinajstić information content (AvgIpc) is 2.41. The standard InChI is InChI=1S/C13H14FN3S/c1-9(15-2)11-7-10(14)3-4-12(11)18-13-5-6-16-8-17-13/h3-9,15H,1-2H3. The van der Waals surface area contributed by atoms with Crippen LogP contribution in [0.1, 0.15) is 18.5 Å². The summed E-state index contributed by atoms with van der Waals surface area (Å²) in [6, 6.07) is 6.73. The molecule has 5 heteroatoms. The molecule has 0 fully saturated rings. The molecule has 94 valence electrons. The van der Waals surface area contributed by atoms with E-state index in [1.54, 1.807) is 18.3 Å². The van der Waals surface area contributed by atoms with Crippen molar-refractivity contribution in [2.24, 2.45) is 0 Å². The molecule has 1 heterocycles. The average molecular weight is 263 g/mol. The first-order valence-electron chi connectivity index (χ1n) is 5.61. The lowest BCUT2D eigenvalue weighted by Gasteiger charge is -2.15. The minimum Gasteiger partial charge on any atom is -0.313 e. The van der Waals surface area contributed by atoms with Gasteiger partial charge in [-0.2, -0.15) is 0 Å². The lowest BCUT2D eigenvalue weighted by Crippen LogP contribution is -2.13. The quantitative estimate of drug-likeness (QED) is 0.860. The van der Waals surface area contributed by atoms with Gasteiger partial charge in [-0.25, -0.2) is 14.4 Å². The molecule has 1 N–H and O–H groups in total. The topological polar surface area (TPSA) is 37.8 Å². The third-order valence-electron chi connectivity index (χ3n) is 2.64. The summed E-state index contributed by atoms with van der Waals surface area (Å²) in [6.07, 6.45) is 3.20. The third kappa shape index (κ3) is 3.05. The fourth-order valence-electron chi connectivity index (χ4n) is 1.56. The molecule has 3 nitrogen and oxygen atoms in total. The van der Waals surface area contributed by atoms with Crippen LogP contribution in [0.4, 0.5) is 4.39 Å². The van der Waals surface area contributed by atoms with Gasteiger partial charge in [0.2, 0.25) is 0 Å². The minimum absolute atomic E-state index is 0.0880. The van der Waals surface area contributed by atoms with E-state index in [0.29, 0.717) is 0 Å². The van der Waals surface area contributed by atoms with Crippen molar-refractivity contribution >= 4 is 11.8 Å². The molecule has 1 aromatic heterocycles. The molecule has 0 aliphatic heterocycles. The Kier molecular flexibility index (Phi) is 4.28. The highest BCUT2D eigenvalue weighted by molar-refractivity contribution is 7.99. The normalized spacial score (nSPS) is 12.4. The zero-order chi connectivity index (χ0) is 13.0. The Balaban J connectivity index is 2.32. The van der Waals surface area contributed by atoms with Crippen LogP contribution < -0.4 is 5.32 Å². The van der Waals surface area contributed by atoms with Crippen LogP contribution in [0.5, 0.6) is 0 Å². The second-order valence-electron chi connectivity index (χ2n) is 3.84. The first kappa shape index (κ1) is 13.0. The van der Waals surface area contributed by atoms with Gasteiger partial charge in [0.25, 0.3) is 0 Å². The highest BCUT2D eigenvalue weighted by Gasteiger charge is 2.11. The molecule has 0 saturated heterocycles. The molecule has 0 aliphatic rings. The fourth-order valence-corrected chi connectivity index (χ4v) is 2.50. The van der Waals surface area contributed by atoms with Crippen molar-refractivity contribution in [2.75, 3.05) is 7.05 Å². The molecular weight excluding hydrogens is 249 g/mol. The van der Waals surface area contributed by atoms with Crippen molar-refractivity contribution in [2.45, 2.75) is 22.9 Å². The van der Waals surface area contributed by atoms with Crippen molar-refractivity contribution in [1.29, 1.82) is 0 Å². The van der Waals surface area contributed by atoms with Crippen LogP contribution in [0, 0.1) is 5.82 Å². The van der Waals surface area contributed by atoms with E-state index in [1.807, 2.05) is 20.0 Å². The Morgan fingerprint density at radius 2 is 2.17 bits per heavy atom. The van der Waals surface area contributed by atoms with Crippen molar-refractivity contribution in [3.8, 4) is 0 Å². The van der Waals surface area contributed by atoms with Crippen molar-refractivity contribution in [1.82, 2.24) is 15.3 Å². The predicted molar refractivity (Wildman–Crippen MR) is 70.0 cm³/mol.